The van der Waals surface area contributed by atoms with Crippen molar-refractivity contribution in [3.05, 3.63) is 59.4 Å². The van der Waals surface area contributed by atoms with Crippen LogP contribution in [0.3, 0.4) is 0 Å². The Kier molecular flexibility index (Phi) is 5.73. The van der Waals surface area contributed by atoms with Gasteiger partial charge in [0.15, 0.2) is 0 Å². The fourth-order valence-corrected chi connectivity index (χ4v) is 3.35. The molecule has 138 valence electrons. The summed E-state index contributed by atoms with van der Waals surface area (Å²) in [7, 11) is -4.03. The average molecular weight is 379 g/mol. The molecule has 0 spiro atoms. The molecule has 0 aliphatic rings. The number of sulfonamides is 1. The maximum absolute atomic E-state index is 13.3. The standard InChI is InChI=1S/C17H18FN3O4S/c1-10-8-13(6-7-15(10)18)20-17(23)12-4-3-5-14(9-12)26(24,25)21-11(2)16(19)22/h3-9,11,21H,1-2H3,(H2,19,22)(H,20,23)/t11-/m0/s1. The number of hydrogen-bond acceptors (Lipinski definition) is 4. The Balaban J connectivity index is 2.23. The zero-order valence-corrected chi connectivity index (χ0v) is 14.9. The summed E-state index contributed by atoms with van der Waals surface area (Å²) in [6.45, 7) is 2.87. The van der Waals surface area contributed by atoms with E-state index in [0.717, 1.165) is 0 Å². The lowest BCUT2D eigenvalue weighted by Gasteiger charge is -2.12. The number of carbonyl (C=O) groups is 2. The summed E-state index contributed by atoms with van der Waals surface area (Å²) in [5, 5.41) is 2.57. The molecular weight excluding hydrogens is 361 g/mol. The van der Waals surface area contributed by atoms with Crippen molar-refractivity contribution < 1.29 is 22.4 Å². The molecule has 0 fully saturated rings. The first-order valence-electron chi connectivity index (χ1n) is 7.59. The van der Waals surface area contributed by atoms with Crippen LogP contribution < -0.4 is 15.8 Å². The topological polar surface area (TPSA) is 118 Å². The number of benzene rings is 2. The summed E-state index contributed by atoms with van der Waals surface area (Å²) in [5.41, 5.74) is 5.88. The minimum absolute atomic E-state index is 0.0848. The van der Waals surface area contributed by atoms with Crippen LogP contribution >= 0.6 is 0 Å². The van der Waals surface area contributed by atoms with Crippen molar-refractivity contribution in [2.24, 2.45) is 5.73 Å². The van der Waals surface area contributed by atoms with Gasteiger partial charge in [0, 0.05) is 11.3 Å². The van der Waals surface area contributed by atoms with Gasteiger partial charge >= 0.3 is 0 Å². The van der Waals surface area contributed by atoms with Crippen LogP contribution in [0.5, 0.6) is 0 Å². The highest BCUT2D eigenvalue weighted by Crippen LogP contribution is 2.17. The van der Waals surface area contributed by atoms with Crippen LogP contribution in [0.15, 0.2) is 47.4 Å². The molecule has 0 heterocycles. The monoisotopic (exact) mass is 379 g/mol. The van der Waals surface area contributed by atoms with Crippen molar-refractivity contribution in [2.45, 2.75) is 24.8 Å². The number of hydrogen-bond donors (Lipinski definition) is 3. The van der Waals surface area contributed by atoms with Gasteiger partial charge < -0.3 is 11.1 Å². The molecule has 2 aromatic carbocycles. The van der Waals surface area contributed by atoms with E-state index in [1.54, 1.807) is 6.92 Å². The maximum Gasteiger partial charge on any atom is 0.255 e. The van der Waals surface area contributed by atoms with Gasteiger partial charge in [0.1, 0.15) is 5.82 Å². The molecule has 0 bridgehead atoms. The van der Waals surface area contributed by atoms with Crippen molar-refractivity contribution in [2.75, 3.05) is 5.32 Å². The predicted octanol–water partition coefficient (Wildman–Crippen LogP) is 1.54. The van der Waals surface area contributed by atoms with Crippen LogP contribution in [-0.2, 0) is 14.8 Å². The van der Waals surface area contributed by atoms with E-state index in [1.165, 1.54) is 49.4 Å². The van der Waals surface area contributed by atoms with Gasteiger partial charge in [-0.1, -0.05) is 6.07 Å². The van der Waals surface area contributed by atoms with Crippen molar-refractivity contribution >= 4 is 27.5 Å². The van der Waals surface area contributed by atoms with E-state index >= 15 is 0 Å². The smallest absolute Gasteiger partial charge is 0.255 e. The predicted molar refractivity (Wildman–Crippen MR) is 94.5 cm³/mol. The van der Waals surface area contributed by atoms with Crippen LogP contribution in [0.25, 0.3) is 0 Å². The molecule has 2 rings (SSSR count). The van der Waals surface area contributed by atoms with E-state index in [2.05, 4.69) is 10.0 Å². The van der Waals surface area contributed by atoms with Gasteiger partial charge in [-0.15, -0.1) is 0 Å². The molecule has 9 heteroatoms. The summed E-state index contributed by atoms with van der Waals surface area (Å²) in [6, 6.07) is 8.27. The van der Waals surface area contributed by atoms with Crippen molar-refractivity contribution in [3.8, 4) is 0 Å². The van der Waals surface area contributed by atoms with E-state index in [-0.39, 0.29) is 10.5 Å². The molecule has 1 atom stereocenters. The number of anilines is 1. The largest absolute Gasteiger partial charge is 0.368 e. The number of primary amides is 1. The summed E-state index contributed by atoms with van der Waals surface area (Å²) in [4.78, 5) is 23.2. The summed E-state index contributed by atoms with van der Waals surface area (Å²) in [6.07, 6.45) is 0. The van der Waals surface area contributed by atoms with E-state index in [9.17, 15) is 22.4 Å². The number of rotatable bonds is 6. The zero-order chi connectivity index (χ0) is 19.5. The highest BCUT2D eigenvalue weighted by atomic mass is 32.2. The Bertz CT molecular complexity index is 960. The van der Waals surface area contributed by atoms with Crippen LogP contribution in [-0.4, -0.2) is 26.3 Å². The van der Waals surface area contributed by atoms with Crippen molar-refractivity contribution in [3.63, 3.8) is 0 Å². The second-order valence-corrected chi connectivity index (χ2v) is 7.41. The van der Waals surface area contributed by atoms with Crippen LogP contribution in [0.2, 0.25) is 0 Å². The molecule has 0 aliphatic carbocycles. The van der Waals surface area contributed by atoms with Gasteiger partial charge in [-0.25, -0.2) is 12.8 Å². The number of aryl methyl sites for hydroxylation is 1. The Morgan fingerprint density at radius 1 is 1.15 bits per heavy atom. The van der Waals surface area contributed by atoms with Gasteiger partial charge in [-0.05, 0) is 55.8 Å². The van der Waals surface area contributed by atoms with E-state index in [4.69, 9.17) is 5.73 Å². The number of nitrogens with two attached hydrogens (primary N) is 1. The van der Waals surface area contributed by atoms with Crippen LogP contribution in [0, 0.1) is 12.7 Å². The molecule has 0 saturated heterocycles. The summed E-state index contributed by atoms with van der Waals surface area (Å²) in [5.74, 6) is -1.78. The third-order valence-corrected chi connectivity index (χ3v) is 5.12. The first-order valence-corrected chi connectivity index (χ1v) is 9.07. The summed E-state index contributed by atoms with van der Waals surface area (Å²) < 4.78 is 40.0. The fourth-order valence-electron chi connectivity index (χ4n) is 2.09. The molecule has 2 aromatic rings. The zero-order valence-electron chi connectivity index (χ0n) is 14.1. The molecule has 0 radical (unpaired) electrons. The molecular formula is C17H18FN3O4S. The van der Waals surface area contributed by atoms with Gasteiger partial charge in [-0.2, -0.15) is 4.72 Å². The average Bonchev–Trinajstić information content (AvgIpc) is 2.58. The highest BCUT2D eigenvalue weighted by Gasteiger charge is 2.21. The highest BCUT2D eigenvalue weighted by molar-refractivity contribution is 7.89. The van der Waals surface area contributed by atoms with Crippen LogP contribution in [0.1, 0.15) is 22.8 Å². The second kappa shape index (κ2) is 7.63. The number of carbonyl (C=O) groups excluding carboxylic acids is 2. The molecule has 0 aromatic heterocycles. The lowest BCUT2D eigenvalue weighted by atomic mass is 10.2. The van der Waals surface area contributed by atoms with Gasteiger partial charge in [0.05, 0.1) is 10.9 Å². The minimum atomic E-state index is -4.03. The van der Waals surface area contributed by atoms with Crippen LogP contribution in [0.4, 0.5) is 10.1 Å². The molecule has 0 saturated carbocycles. The Labute approximate surface area is 150 Å². The van der Waals surface area contributed by atoms with Gasteiger partial charge in [0.25, 0.3) is 5.91 Å². The van der Waals surface area contributed by atoms with Gasteiger partial charge in [0.2, 0.25) is 15.9 Å². The quantitative estimate of drug-likeness (QED) is 0.705. The lowest BCUT2D eigenvalue weighted by Crippen LogP contribution is -2.42. The van der Waals surface area contributed by atoms with E-state index in [1.807, 2.05) is 0 Å². The SMILES string of the molecule is Cc1cc(NC(=O)c2cccc(S(=O)(=O)N[C@@H](C)C(N)=O)c2)ccc1F. The molecule has 0 unspecified atom stereocenters. The number of amides is 2. The first kappa shape index (κ1) is 19.5. The van der Waals surface area contributed by atoms with E-state index in [0.29, 0.717) is 11.3 Å². The lowest BCUT2D eigenvalue weighted by molar-refractivity contribution is -0.119. The van der Waals surface area contributed by atoms with Gasteiger partial charge in [-0.3, -0.25) is 9.59 Å². The maximum atomic E-state index is 13.3. The Morgan fingerprint density at radius 2 is 1.85 bits per heavy atom. The molecule has 2 amide bonds. The third-order valence-electron chi connectivity index (χ3n) is 3.58. The number of nitrogens with one attached hydrogen (secondary N) is 2. The normalized spacial score (nSPS) is 12.4. The van der Waals surface area contributed by atoms with E-state index < -0.39 is 33.7 Å². The number of halogens is 1. The second-order valence-electron chi connectivity index (χ2n) is 5.69. The molecule has 0 aliphatic heterocycles. The third kappa shape index (κ3) is 4.64. The minimum Gasteiger partial charge on any atom is -0.368 e. The first-order chi connectivity index (χ1) is 12.1. The molecule has 7 nitrogen and oxygen atoms in total. The fraction of sp³-hybridized carbons (Fsp3) is 0.176. The molecule has 26 heavy (non-hydrogen) atoms. The Hall–Kier alpha value is -2.78. The molecule has 4 N–H and O–H groups in total. The van der Waals surface area contributed by atoms with Crippen molar-refractivity contribution in [1.29, 1.82) is 0 Å². The van der Waals surface area contributed by atoms with Crippen molar-refractivity contribution in [1.82, 2.24) is 4.72 Å². The summed E-state index contributed by atoms with van der Waals surface area (Å²) >= 11 is 0. The Morgan fingerprint density at radius 3 is 2.46 bits per heavy atom.